The van der Waals surface area contributed by atoms with Gasteiger partial charge < -0.3 is 4.74 Å². The van der Waals surface area contributed by atoms with E-state index in [4.69, 9.17) is 4.74 Å². The van der Waals surface area contributed by atoms with E-state index in [9.17, 15) is 9.18 Å². The molecule has 0 aromatic heterocycles. The zero-order valence-electron chi connectivity index (χ0n) is 11.7. The van der Waals surface area contributed by atoms with Crippen molar-refractivity contribution >= 4 is 5.78 Å². The monoisotopic (exact) mass is 264 g/mol. The van der Waals surface area contributed by atoms with E-state index < -0.39 is 5.82 Å². The first-order valence-corrected chi connectivity index (χ1v) is 6.97. The van der Waals surface area contributed by atoms with Crippen LogP contribution in [0.4, 0.5) is 4.39 Å². The van der Waals surface area contributed by atoms with E-state index in [1.807, 2.05) is 0 Å². The van der Waals surface area contributed by atoms with E-state index in [1.165, 1.54) is 7.11 Å². The van der Waals surface area contributed by atoms with Crippen LogP contribution in [0.1, 0.15) is 44.6 Å². The maximum Gasteiger partial charge on any atom is 0.168 e. The van der Waals surface area contributed by atoms with E-state index >= 15 is 0 Å². The van der Waals surface area contributed by atoms with Gasteiger partial charge in [-0.15, -0.1) is 0 Å². The van der Waals surface area contributed by atoms with E-state index in [2.05, 4.69) is 6.92 Å². The number of benzene rings is 1. The Kier molecular flexibility index (Phi) is 4.23. The zero-order valence-corrected chi connectivity index (χ0v) is 11.7. The average Bonchev–Trinajstić information content (AvgIpc) is 2.91. The van der Waals surface area contributed by atoms with Crippen molar-refractivity contribution in [3.8, 4) is 5.75 Å². The Bertz CT molecular complexity index is 462. The van der Waals surface area contributed by atoms with Gasteiger partial charge >= 0.3 is 0 Å². The summed E-state index contributed by atoms with van der Waals surface area (Å²) in [4.78, 5) is 12.5. The van der Waals surface area contributed by atoms with Crippen LogP contribution in [0, 0.1) is 11.2 Å². The third-order valence-corrected chi connectivity index (χ3v) is 4.44. The summed E-state index contributed by atoms with van der Waals surface area (Å²) in [7, 11) is 1.44. The molecule has 19 heavy (non-hydrogen) atoms. The van der Waals surface area contributed by atoms with Gasteiger partial charge in [0.1, 0.15) is 5.78 Å². The van der Waals surface area contributed by atoms with Gasteiger partial charge in [-0.25, -0.2) is 4.39 Å². The molecular weight excluding hydrogens is 243 g/mol. The summed E-state index contributed by atoms with van der Waals surface area (Å²) in [6, 6.07) is 4.99. The fourth-order valence-electron chi connectivity index (χ4n) is 3.09. The van der Waals surface area contributed by atoms with Crippen molar-refractivity contribution in [2.75, 3.05) is 7.11 Å². The molecule has 0 radical (unpaired) electrons. The summed E-state index contributed by atoms with van der Waals surface area (Å²) in [5.74, 6) is -0.00970. The fraction of sp³-hybridized carbons (Fsp3) is 0.562. The summed E-state index contributed by atoms with van der Waals surface area (Å²) < 4.78 is 19.0. The van der Waals surface area contributed by atoms with Crippen LogP contribution in [0.15, 0.2) is 18.2 Å². The van der Waals surface area contributed by atoms with Gasteiger partial charge in [-0.05, 0) is 30.9 Å². The van der Waals surface area contributed by atoms with Gasteiger partial charge in [-0.2, -0.15) is 0 Å². The maximum absolute atomic E-state index is 14.1. The molecule has 0 heterocycles. The number of rotatable bonds is 5. The minimum atomic E-state index is -0.400. The lowest BCUT2D eigenvalue weighted by Crippen LogP contribution is -2.29. The summed E-state index contributed by atoms with van der Waals surface area (Å²) in [5, 5.41) is 0. The van der Waals surface area contributed by atoms with Gasteiger partial charge in [-0.3, -0.25) is 4.79 Å². The molecule has 0 N–H and O–H groups in total. The number of ether oxygens (including phenoxy) is 1. The Morgan fingerprint density at radius 3 is 2.63 bits per heavy atom. The lowest BCUT2D eigenvalue weighted by Gasteiger charge is -2.25. The van der Waals surface area contributed by atoms with Crippen molar-refractivity contribution in [3.05, 3.63) is 29.6 Å². The largest absolute Gasteiger partial charge is 0.494 e. The van der Waals surface area contributed by atoms with Crippen LogP contribution in [0.2, 0.25) is 0 Å². The zero-order chi connectivity index (χ0) is 13.9. The van der Waals surface area contributed by atoms with Crippen LogP contribution < -0.4 is 4.74 Å². The SMILES string of the molecule is CCC1(C(=O)Cc2cccc(OC)c2F)CCCC1. The fourth-order valence-corrected chi connectivity index (χ4v) is 3.09. The van der Waals surface area contributed by atoms with Crippen molar-refractivity contribution in [2.24, 2.45) is 5.41 Å². The Balaban J connectivity index is 2.19. The molecule has 0 spiro atoms. The molecule has 1 aromatic carbocycles. The summed E-state index contributed by atoms with van der Waals surface area (Å²) in [6.07, 6.45) is 5.16. The first-order valence-electron chi connectivity index (χ1n) is 6.97. The number of methoxy groups -OCH3 is 1. The Hall–Kier alpha value is -1.38. The highest BCUT2D eigenvalue weighted by Gasteiger charge is 2.38. The number of hydrogen-bond acceptors (Lipinski definition) is 2. The highest BCUT2D eigenvalue weighted by molar-refractivity contribution is 5.87. The van der Waals surface area contributed by atoms with E-state index in [-0.39, 0.29) is 23.4 Å². The topological polar surface area (TPSA) is 26.3 Å². The Labute approximate surface area is 114 Å². The van der Waals surface area contributed by atoms with Crippen molar-refractivity contribution in [1.29, 1.82) is 0 Å². The van der Waals surface area contributed by atoms with Crippen LogP contribution in [0.25, 0.3) is 0 Å². The van der Waals surface area contributed by atoms with Crippen LogP contribution in [-0.4, -0.2) is 12.9 Å². The number of halogens is 1. The minimum Gasteiger partial charge on any atom is -0.494 e. The highest BCUT2D eigenvalue weighted by atomic mass is 19.1. The van der Waals surface area contributed by atoms with Gasteiger partial charge in [0.25, 0.3) is 0 Å². The molecule has 1 saturated carbocycles. The molecule has 1 aromatic rings. The second-order valence-electron chi connectivity index (χ2n) is 5.37. The van der Waals surface area contributed by atoms with Crippen LogP contribution in [0.3, 0.4) is 0 Å². The lowest BCUT2D eigenvalue weighted by molar-refractivity contribution is -0.128. The maximum atomic E-state index is 14.1. The van der Waals surface area contributed by atoms with Gasteiger partial charge in [0, 0.05) is 11.8 Å². The van der Waals surface area contributed by atoms with E-state index in [0.29, 0.717) is 5.56 Å². The molecule has 1 fully saturated rings. The first-order chi connectivity index (χ1) is 9.13. The third kappa shape index (κ3) is 2.65. The molecule has 0 atom stereocenters. The predicted octanol–water partition coefficient (Wildman–Crippen LogP) is 3.92. The molecule has 2 nitrogen and oxygen atoms in total. The van der Waals surface area contributed by atoms with Crippen LogP contribution in [0.5, 0.6) is 5.75 Å². The molecule has 0 unspecified atom stereocenters. The second kappa shape index (κ2) is 5.72. The third-order valence-electron chi connectivity index (χ3n) is 4.44. The van der Waals surface area contributed by atoms with E-state index in [0.717, 1.165) is 32.1 Å². The van der Waals surface area contributed by atoms with Gasteiger partial charge in [0.05, 0.1) is 7.11 Å². The van der Waals surface area contributed by atoms with E-state index in [1.54, 1.807) is 18.2 Å². The summed E-state index contributed by atoms with van der Waals surface area (Å²) in [6.45, 7) is 2.06. The Morgan fingerprint density at radius 2 is 2.05 bits per heavy atom. The van der Waals surface area contributed by atoms with Gasteiger partial charge in [-0.1, -0.05) is 31.9 Å². The van der Waals surface area contributed by atoms with Crippen LogP contribution in [-0.2, 0) is 11.2 Å². The molecule has 2 rings (SSSR count). The van der Waals surface area contributed by atoms with Gasteiger partial charge in [0.15, 0.2) is 11.6 Å². The van der Waals surface area contributed by atoms with Crippen molar-refractivity contribution < 1.29 is 13.9 Å². The first kappa shape index (κ1) is 14.0. The van der Waals surface area contributed by atoms with Gasteiger partial charge in [0.2, 0.25) is 0 Å². The highest BCUT2D eigenvalue weighted by Crippen LogP contribution is 2.42. The number of hydrogen-bond donors (Lipinski definition) is 0. The molecule has 0 amide bonds. The number of Topliss-reactive ketones (excluding diaryl/α,β-unsaturated/α-hetero) is 1. The number of carbonyl (C=O) groups excluding carboxylic acids is 1. The molecule has 1 aliphatic carbocycles. The lowest BCUT2D eigenvalue weighted by atomic mass is 9.77. The normalized spacial score (nSPS) is 17.4. The molecule has 3 heteroatoms. The molecule has 104 valence electrons. The van der Waals surface area contributed by atoms with Crippen molar-refractivity contribution in [1.82, 2.24) is 0 Å². The number of ketones is 1. The van der Waals surface area contributed by atoms with Crippen molar-refractivity contribution in [2.45, 2.75) is 45.4 Å². The smallest absolute Gasteiger partial charge is 0.168 e. The minimum absolute atomic E-state index is 0.177. The van der Waals surface area contributed by atoms with Crippen molar-refractivity contribution in [3.63, 3.8) is 0 Å². The van der Waals surface area contributed by atoms with Crippen LogP contribution >= 0.6 is 0 Å². The second-order valence-corrected chi connectivity index (χ2v) is 5.37. The predicted molar refractivity (Wildman–Crippen MR) is 72.9 cm³/mol. The molecular formula is C16H21FO2. The number of carbonyl (C=O) groups is 1. The average molecular weight is 264 g/mol. The standard InChI is InChI=1S/C16H21FO2/c1-3-16(9-4-5-10-16)14(18)11-12-7-6-8-13(19-2)15(12)17/h6-8H,3-5,9-11H2,1-2H3. The summed E-state index contributed by atoms with van der Waals surface area (Å²) in [5.41, 5.74) is 0.235. The Morgan fingerprint density at radius 1 is 1.37 bits per heavy atom. The molecule has 0 bridgehead atoms. The molecule has 1 aliphatic rings. The molecule has 0 saturated heterocycles. The molecule has 0 aliphatic heterocycles. The summed E-state index contributed by atoms with van der Waals surface area (Å²) >= 11 is 0. The quantitative estimate of drug-likeness (QED) is 0.805.